The second-order valence-electron chi connectivity index (χ2n) is 10.5. The number of hydrogen-bond acceptors (Lipinski definition) is 7. The molecule has 7 nitrogen and oxygen atoms in total. The van der Waals surface area contributed by atoms with Gasteiger partial charge in [-0.3, -0.25) is 9.59 Å². The number of esters is 1. The van der Waals surface area contributed by atoms with Crippen molar-refractivity contribution in [1.29, 1.82) is 0 Å². The van der Waals surface area contributed by atoms with E-state index >= 15 is 0 Å². The van der Waals surface area contributed by atoms with E-state index in [1.54, 1.807) is 13.8 Å². The van der Waals surface area contributed by atoms with Crippen LogP contribution < -0.4 is 0 Å². The Kier molecular flexibility index (Phi) is 4.12. The zero-order chi connectivity index (χ0) is 21.8. The van der Waals surface area contributed by atoms with Crippen molar-refractivity contribution >= 4 is 11.8 Å². The number of aliphatic hydroxyl groups is 3. The number of ketones is 1. The fourth-order valence-corrected chi connectivity index (χ4v) is 7.55. The molecule has 4 unspecified atom stereocenters. The highest BCUT2D eigenvalue weighted by atomic mass is 16.6. The van der Waals surface area contributed by atoms with E-state index < -0.39 is 63.8 Å². The van der Waals surface area contributed by atoms with Crippen molar-refractivity contribution in [2.24, 2.45) is 22.2 Å². The van der Waals surface area contributed by atoms with Crippen LogP contribution in [0.25, 0.3) is 0 Å². The Hall–Kier alpha value is -1.28. The normalized spacial score (nSPS) is 55.2. The number of hydrogen-bond donors (Lipinski definition) is 3. The SMILES string of the molecule is C=C[C@@]1(C)CC(=O)[C@]23[C@@H](O)C24C(C(O)C(OC(C)=O)[C@@]3(C)O1)C(C)(C)CC[C@@H]4O. The van der Waals surface area contributed by atoms with Crippen molar-refractivity contribution < 1.29 is 34.4 Å². The monoisotopic (exact) mass is 408 g/mol. The summed E-state index contributed by atoms with van der Waals surface area (Å²) in [5, 5.41) is 34.0. The highest BCUT2D eigenvalue weighted by molar-refractivity contribution is 5.95. The molecule has 0 aromatic carbocycles. The Morgan fingerprint density at radius 3 is 2.41 bits per heavy atom. The third-order valence-corrected chi connectivity index (χ3v) is 8.53. The summed E-state index contributed by atoms with van der Waals surface area (Å²) in [5.74, 6) is -1.48. The number of carbonyl (C=O) groups excluding carboxylic acids is 2. The lowest BCUT2D eigenvalue weighted by molar-refractivity contribution is -0.297. The van der Waals surface area contributed by atoms with E-state index in [0.717, 1.165) is 0 Å². The maximum absolute atomic E-state index is 13.7. The predicted octanol–water partition coefficient (Wildman–Crippen LogP) is 1.13. The van der Waals surface area contributed by atoms with Gasteiger partial charge in [0.15, 0.2) is 6.10 Å². The summed E-state index contributed by atoms with van der Waals surface area (Å²) in [6, 6.07) is 0. The van der Waals surface area contributed by atoms with E-state index in [0.29, 0.717) is 12.8 Å². The molecular weight excluding hydrogens is 376 g/mol. The molecule has 0 radical (unpaired) electrons. The fourth-order valence-electron chi connectivity index (χ4n) is 7.55. The van der Waals surface area contributed by atoms with Gasteiger partial charge in [-0.05, 0) is 32.1 Å². The van der Waals surface area contributed by atoms with Gasteiger partial charge in [0.25, 0.3) is 0 Å². The predicted molar refractivity (Wildman–Crippen MR) is 103 cm³/mol. The van der Waals surface area contributed by atoms with Gasteiger partial charge in [0.1, 0.15) is 11.4 Å². The molecule has 1 heterocycles. The van der Waals surface area contributed by atoms with Gasteiger partial charge in [-0.2, -0.15) is 0 Å². The Balaban J connectivity index is 1.99. The molecule has 2 spiro atoms. The molecule has 7 heteroatoms. The topological polar surface area (TPSA) is 113 Å². The number of carbonyl (C=O) groups is 2. The van der Waals surface area contributed by atoms with Gasteiger partial charge < -0.3 is 24.8 Å². The molecule has 4 rings (SSSR count). The second kappa shape index (κ2) is 5.69. The molecule has 3 saturated carbocycles. The third kappa shape index (κ3) is 2.07. The Labute approximate surface area is 171 Å². The highest BCUT2D eigenvalue weighted by Gasteiger charge is 2.97. The lowest BCUT2D eigenvalue weighted by Gasteiger charge is -2.62. The van der Waals surface area contributed by atoms with Crippen LogP contribution in [0.3, 0.4) is 0 Å². The largest absolute Gasteiger partial charge is 0.457 e. The van der Waals surface area contributed by atoms with E-state index in [1.165, 1.54) is 13.0 Å². The van der Waals surface area contributed by atoms with E-state index in [2.05, 4.69) is 6.58 Å². The first-order valence-corrected chi connectivity index (χ1v) is 10.3. The fraction of sp³-hybridized carbons (Fsp3) is 0.818. The summed E-state index contributed by atoms with van der Waals surface area (Å²) in [4.78, 5) is 25.7. The minimum Gasteiger partial charge on any atom is -0.457 e. The van der Waals surface area contributed by atoms with Crippen molar-refractivity contribution in [2.75, 3.05) is 0 Å². The average molecular weight is 408 g/mol. The summed E-state index contributed by atoms with van der Waals surface area (Å²) in [6.45, 7) is 12.3. The molecule has 0 amide bonds. The molecule has 3 aliphatic carbocycles. The van der Waals surface area contributed by atoms with Crippen molar-refractivity contribution in [2.45, 2.75) is 89.5 Å². The van der Waals surface area contributed by atoms with E-state index in [1.807, 2.05) is 13.8 Å². The Morgan fingerprint density at radius 2 is 1.86 bits per heavy atom. The molecule has 162 valence electrons. The van der Waals surface area contributed by atoms with Crippen LogP contribution in [0.5, 0.6) is 0 Å². The van der Waals surface area contributed by atoms with Gasteiger partial charge in [0.2, 0.25) is 0 Å². The summed E-state index contributed by atoms with van der Waals surface area (Å²) in [5.41, 5.74) is -5.73. The molecule has 1 aliphatic heterocycles. The minimum absolute atomic E-state index is 0.00629. The van der Waals surface area contributed by atoms with E-state index in [4.69, 9.17) is 9.47 Å². The number of aliphatic hydroxyl groups excluding tert-OH is 3. The van der Waals surface area contributed by atoms with Crippen LogP contribution in [0.2, 0.25) is 0 Å². The highest BCUT2D eigenvalue weighted by Crippen LogP contribution is 2.84. The third-order valence-electron chi connectivity index (χ3n) is 8.53. The number of rotatable bonds is 2. The second-order valence-corrected chi connectivity index (χ2v) is 10.5. The summed E-state index contributed by atoms with van der Waals surface area (Å²) < 4.78 is 12.0. The first-order chi connectivity index (χ1) is 13.3. The molecule has 29 heavy (non-hydrogen) atoms. The number of Topliss-reactive ketones (excluding diaryl/α,β-unsaturated/α-hetero) is 1. The van der Waals surface area contributed by atoms with Gasteiger partial charge in [0.05, 0.1) is 29.3 Å². The van der Waals surface area contributed by atoms with Gasteiger partial charge in [0, 0.05) is 24.7 Å². The van der Waals surface area contributed by atoms with E-state index in [9.17, 15) is 24.9 Å². The van der Waals surface area contributed by atoms with Crippen LogP contribution in [0.4, 0.5) is 0 Å². The molecule has 4 fully saturated rings. The molecular formula is C22H32O7. The number of ether oxygens (including phenoxy) is 2. The summed E-state index contributed by atoms with van der Waals surface area (Å²) in [6.07, 6.45) is -2.00. The van der Waals surface area contributed by atoms with E-state index in [-0.39, 0.29) is 12.2 Å². The van der Waals surface area contributed by atoms with Crippen LogP contribution in [-0.2, 0) is 19.1 Å². The first-order valence-electron chi connectivity index (χ1n) is 10.3. The van der Waals surface area contributed by atoms with Crippen LogP contribution in [0, 0.1) is 22.2 Å². The van der Waals surface area contributed by atoms with Crippen LogP contribution in [0.15, 0.2) is 12.7 Å². The van der Waals surface area contributed by atoms with Crippen LogP contribution in [0.1, 0.15) is 53.9 Å². The molecule has 3 N–H and O–H groups in total. The zero-order valence-electron chi connectivity index (χ0n) is 17.8. The van der Waals surface area contributed by atoms with Crippen molar-refractivity contribution in [3.63, 3.8) is 0 Å². The van der Waals surface area contributed by atoms with Crippen molar-refractivity contribution in [3.05, 3.63) is 12.7 Å². The first kappa shape index (κ1) is 21.0. The molecule has 0 aromatic heterocycles. The molecule has 0 bridgehead atoms. The maximum Gasteiger partial charge on any atom is 0.303 e. The lowest BCUT2D eigenvalue weighted by atomic mass is 9.48. The van der Waals surface area contributed by atoms with Crippen molar-refractivity contribution in [1.82, 2.24) is 0 Å². The standard InChI is InChI=1S/C22H32O7/c1-7-19(5)10-13(25)22-17(27)21(22)12(24)8-9-18(3,4)15(21)14(26)16(28-11(2)23)20(22,6)29-19/h7,12,14-17,24,26-27H,1,8-10H2,2-6H3/t12-,14?,15?,16?,17-,19-,20+,21?,22+/m0/s1. The van der Waals surface area contributed by atoms with Gasteiger partial charge >= 0.3 is 5.97 Å². The van der Waals surface area contributed by atoms with Gasteiger partial charge in [-0.1, -0.05) is 19.9 Å². The van der Waals surface area contributed by atoms with Crippen LogP contribution >= 0.6 is 0 Å². The quantitative estimate of drug-likeness (QED) is 0.464. The Bertz CT molecular complexity index is 792. The zero-order valence-corrected chi connectivity index (χ0v) is 17.8. The smallest absolute Gasteiger partial charge is 0.303 e. The van der Waals surface area contributed by atoms with Gasteiger partial charge in [-0.25, -0.2) is 0 Å². The Morgan fingerprint density at radius 1 is 1.24 bits per heavy atom. The molecule has 4 aliphatic rings. The van der Waals surface area contributed by atoms with Crippen molar-refractivity contribution in [3.8, 4) is 0 Å². The average Bonchev–Trinajstić information content (AvgIpc) is 3.16. The molecule has 0 aromatic rings. The van der Waals surface area contributed by atoms with Gasteiger partial charge in [-0.15, -0.1) is 6.58 Å². The minimum atomic E-state index is -1.51. The lowest BCUT2D eigenvalue weighted by Crippen LogP contribution is -2.74. The molecule has 1 saturated heterocycles. The molecule has 9 atom stereocenters. The maximum atomic E-state index is 13.7. The van der Waals surface area contributed by atoms with Crippen LogP contribution in [-0.4, -0.2) is 62.7 Å². The summed E-state index contributed by atoms with van der Waals surface area (Å²) in [7, 11) is 0. The summed E-state index contributed by atoms with van der Waals surface area (Å²) >= 11 is 0.